The molecule has 0 unspecified atom stereocenters. The predicted octanol–water partition coefficient (Wildman–Crippen LogP) is 1.94. The maximum absolute atomic E-state index is 12.4. The minimum Gasteiger partial charge on any atom is -0.396 e. The summed E-state index contributed by atoms with van der Waals surface area (Å²) in [5, 5.41) is 9.24. The van der Waals surface area contributed by atoms with Crippen molar-refractivity contribution in [2.45, 2.75) is 11.1 Å². The van der Waals surface area contributed by atoms with Gasteiger partial charge in [0.25, 0.3) is 5.91 Å². The van der Waals surface area contributed by atoms with E-state index in [1.54, 1.807) is 28.0 Å². The quantitative estimate of drug-likeness (QED) is 0.864. The average molecular weight is 301 g/mol. The lowest BCUT2D eigenvalue weighted by atomic mass is 10.1. The van der Waals surface area contributed by atoms with E-state index in [1.165, 1.54) is 4.21 Å². The number of carbonyl (C=O) groups is 1. The fourth-order valence-electron chi connectivity index (χ4n) is 1.99. The number of aliphatic hydroxyl groups excluding tert-OH is 1. The van der Waals surface area contributed by atoms with Gasteiger partial charge < -0.3 is 14.7 Å². The van der Waals surface area contributed by atoms with Crippen LogP contribution in [0.3, 0.4) is 0 Å². The molecule has 1 aliphatic rings. The standard InChI is InChI=1S/C13H19NO3S2/c1-2-18-12-4-3-11(19-12)13(16)14-5-6-17-9-10(7-14)8-15/h3-4,10,15H,2,5-9H2,1H3/t10-/m0/s1. The van der Waals surface area contributed by atoms with Crippen molar-refractivity contribution in [3.63, 3.8) is 0 Å². The van der Waals surface area contributed by atoms with E-state index in [0.717, 1.165) is 10.6 Å². The molecule has 0 aromatic carbocycles. The van der Waals surface area contributed by atoms with Crippen LogP contribution in [0, 0.1) is 5.92 Å². The lowest BCUT2D eigenvalue weighted by Crippen LogP contribution is -2.36. The first kappa shape index (κ1) is 14.8. The Morgan fingerprint density at radius 3 is 3.21 bits per heavy atom. The molecule has 19 heavy (non-hydrogen) atoms. The van der Waals surface area contributed by atoms with Gasteiger partial charge in [-0.3, -0.25) is 4.79 Å². The molecule has 1 N–H and O–H groups in total. The van der Waals surface area contributed by atoms with E-state index in [0.29, 0.717) is 26.3 Å². The monoisotopic (exact) mass is 301 g/mol. The second-order valence-electron chi connectivity index (χ2n) is 4.43. The Morgan fingerprint density at radius 1 is 1.63 bits per heavy atom. The van der Waals surface area contributed by atoms with Crippen LogP contribution in [0.2, 0.25) is 0 Å². The molecule has 2 rings (SSSR count). The van der Waals surface area contributed by atoms with E-state index in [-0.39, 0.29) is 18.4 Å². The Balaban J connectivity index is 2.04. The average Bonchev–Trinajstić information content (AvgIpc) is 2.75. The molecule has 1 fully saturated rings. The fourth-order valence-corrected chi connectivity index (χ4v) is 4.00. The van der Waals surface area contributed by atoms with Crippen LogP contribution in [-0.4, -0.2) is 54.6 Å². The molecule has 0 aliphatic carbocycles. The maximum atomic E-state index is 12.4. The highest BCUT2D eigenvalue weighted by atomic mass is 32.2. The molecule has 0 bridgehead atoms. The summed E-state index contributed by atoms with van der Waals surface area (Å²) in [5.74, 6) is 1.09. The van der Waals surface area contributed by atoms with Crippen molar-refractivity contribution in [1.82, 2.24) is 4.90 Å². The highest BCUT2D eigenvalue weighted by molar-refractivity contribution is 8.01. The molecular weight excluding hydrogens is 282 g/mol. The lowest BCUT2D eigenvalue weighted by Gasteiger charge is -2.21. The van der Waals surface area contributed by atoms with Gasteiger partial charge in [-0.1, -0.05) is 6.92 Å². The molecule has 4 nitrogen and oxygen atoms in total. The molecule has 1 aromatic rings. The molecule has 106 valence electrons. The van der Waals surface area contributed by atoms with Crippen LogP contribution < -0.4 is 0 Å². The van der Waals surface area contributed by atoms with Gasteiger partial charge in [-0.2, -0.15) is 0 Å². The van der Waals surface area contributed by atoms with Gasteiger partial charge in [-0.25, -0.2) is 0 Å². The van der Waals surface area contributed by atoms with Gasteiger partial charge in [0.05, 0.1) is 22.3 Å². The molecule has 1 aliphatic heterocycles. The molecular formula is C13H19NO3S2. The van der Waals surface area contributed by atoms with Crippen LogP contribution in [0.1, 0.15) is 16.6 Å². The smallest absolute Gasteiger partial charge is 0.264 e. The van der Waals surface area contributed by atoms with Crippen molar-refractivity contribution < 1.29 is 14.6 Å². The van der Waals surface area contributed by atoms with Gasteiger partial charge >= 0.3 is 0 Å². The molecule has 1 amide bonds. The molecule has 0 radical (unpaired) electrons. The Kier molecular flexibility index (Phi) is 5.69. The molecule has 0 saturated carbocycles. The molecule has 2 heterocycles. The molecule has 1 atom stereocenters. The summed E-state index contributed by atoms with van der Waals surface area (Å²) in [6, 6.07) is 3.90. The largest absolute Gasteiger partial charge is 0.396 e. The lowest BCUT2D eigenvalue weighted by molar-refractivity contribution is 0.0733. The zero-order chi connectivity index (χ0) is 13.7. The third-order valence-corrected chi connectivity index (χ3v) is 5.14. The van der Waals surface area contributed by atoms with Gasteiger partial charge in [-0.15, -0.1) is 23.1 Å². The molecule has 6 heteroatoms. The third-order valence-electron chi connectivity index (χ3n) is 2.96. The summed E-state index contributed by atoms with van der Waals surface area (Å²) >= 11 is 3.30. The van der Waals surface area contributed by atoms with Crippen LogP contribution in [-0.2, 0) is 4.74 Å². The first-order chi connectivity index (χ1) is 9.24. The highest BCUT2D eigenvalue weighted by Crippen LogP contribution is 2.28. The molecule has 1 aromatic heterocycles. The van der Waals surface area contributed by atoms with E-state index < -0.39 is 0 Å². The van der Waals surface area contributed by atoms with Crippen LogP contribution in [0.4, 0.5) is 0 Å². The van der Waals surface area contributed by atoms with Gasteiger partial charge in [0, 0.05) is 25.6 Å². The summed E-state index contributed by atoms with van der Waals surface area (Å²) in [4.78, 5) is 15.0. The van der Waals surface area contributed by atoms with E-state index in [4.69, 9.17) is 4.74 Å². The number of hydrogen-bond donors (Lipinski definition) is 1. The Morgan fingerprint density at radius 2 is 2.47 bits per heavy atom. The van der Waals surface area contributed by atoms with E-state index in [2.05, 4.69) is 6.92 Å². The third kappa shape index (κ3) is 3.95. The number of ether oxygens (including phenoxy) is 1. The van der Waals surface area contributed by atoms with E-state index in [1.807, 2.05) is 12.1 Å². The van der Waals surface area contributed by atoms with Crippen molar-refractivity contribution in [2.75, 3.05) is 38.7 Å². The second kappa shape index (κ2) is 7.28. The summed E-state index contributed by atoms with van der Waals surface area (Å²) in [7, 11) is 0. The normalized spacial score (nSPS) is 20.3. The Hall–Kier alpha value is -0.560. The van der Waals surface area contributed by atoms with Gasteiger partial charge in [-0.05, 0) is 17.9 Å². The minimum atomic E-state index is 0.0240. The molecule has 1 saturated heterocycles. The van der Waals surface area contributed by atoms with Crippen LogP contribution in [0.25, 0.3) is 0 Å². The minimum absolute atomic E-state index is 0.0240. The highest BCUT2D eigenvalue weighted by Gasteiger charge is 2.23. The fraction of sp³-hybridized carbons (Fsp3) is 0.615. The Labute approximate surface area is 121 Å². The van der Waals surface area contributed by atoms with Crippen LogP contribution in [0.5, 0.6) is 0 Å². The first-order valence-electron chi connectivity index (χ1n) is 6.45. The number of amides is 1. The first-order valence-corrected chi connectivity index (χ1v) is 8.25. The zero-order valence-corrected chi connectivity index (χ0v) is 12.6. The van der Waals surface area contributed by atoms with E-state index in [9.17, 15) is 9.90 Å². The topological polar surface area (TPSA) is 49.8 Å². The number of thiophene rings is 1. The summed E-state index contributed by atoms with van der Waals surface area (Å²) in [5.41, 5.74) is 0. The Bertz CT molecular complexity index is 422. The van der Waals surface area contributed by atoms with Gasteiger partial charge in [0.1, 0.15) is 0 Å². The van der Waals surface area contributed by atoms with Crippen molar-refractivity contribution >= 4 is 29.0 Å². The number of carbonyl (C=O) groups excluding carboxylic acids is 1. The van der Waals surface area contributed by atoms with Crippen molar-refractivity contribution in [3.05, 3.63) is 17.0 Å². The second-order valence-corrected chi connectivity index (χ2v) is 7.07. The number of hydrogen-bond acceptors (Lipinski definition) is 5. The summed E-state index contributed by atoms with van der Waals surface area (Å²) in [6.07, 6.45) is 0. The van der Waals surface area contributed by atoms with Crippen molar-refractivity contribution in [1.29, 1.82) is 0 Å². The maximum Gasteiger partial charge on any atom is 0.264 e. The number of nitrogens with zero attached hydrogens (tertiary/aromatic N) is 1. The van der Waals surface area contributed by atoms with Crippen LogP contribution in [0.15, 0.2) is 16.3 Å². The number of aliphatic hydroxyl groups is 1. The number of rotatable bonds is 4. The van der Waals surface area contributed by atoms with Crippen LogP contribution >= 0.6 is 23.1 Å². The zero-order valence-electron chi connectivity index (χ0n) is 11.0. The summed E-state index contributed by atoms with van der Waals surface area (Å²) < 4.78 is 6.58. The molecule has 0 spiro atoms. The van der Waals surface area contributed by atoms with Crippen molar-refractivity contribution in [2.24, 2.45) is 5.92 Å². The summed E-state index contributed by atoms with van der Waals surface area (Å²) in [6.45, 7) is 4.41. The SMILES string of the molecule is CCSc1ccc(C(=O)N2CCOC[C@H](CO)C2)s1. The number of thioether (sulfide) groups is 1. The van der Waals surface area contributed by atoms with E-state index >= 15 is 0 Å². The predicted molar refractivity (Wildman–Crippen MR) is 78.0 cm³/mol. The van der Waals surface area contributed by atoms with Crippen molar-refractivity contribution in [3.8, 4) is 0 Å². The van der Waals surface area contributed by atoms with Gasteiger partial charge in [0.15, 0.2) is 0 Å². The van der Waals surface area contributed by atoms with Gasteiger partial charge in [0.2, 0.25) is 0 Å².